The number of rotatable bonds is 2. The van der Waals surface area contributed by atoms with Crippen molar-refractivity contribution in [3.05, 3.63) is 0 Å². The first-order valence-corrected chi connectivity index (χ1v) is 6.11. The largest absolute Gasteiger partial charge is 0.526 e. The van der Waals surface area contributed by atoms with Crippen molar-refractivity contribution >= 4 is 16.2 Å². The molecule has 0 radical (unpaired) electrons. The van der Waals surface area contributed by atoms with E-state index in [1.807, 2.05) is 0 Å². The van der Waals surface area contributed by atoms with E-state index in [2.05, 4.69) is 9.22 Å². The Morgan fingerprint density at radius 2 is 1.65 bits per heavy atom. The molecule has 17 heavy (non-hydrogen) atoms. The number of amides is 1. The fourth-order valence-corrected chi connectivity index (χ4v) is 1.47. The van der Waals surface area contributed by atoms with Crippen molar-refractivity contribution in [3.8, 4) is 0 Å². The summed E-state index contributed by atoms with van der Waals surface area (Å²) >= 11 is 0. The normalized spacial score (nSPS) is 17.9. The van der Waals surface area contributed by atoms with Gasteiger partial charge in [0.2, 0.25) is 0 Å². The molecule has 0 aromatic carbocycles. The molecule has 0 N–H and O–H groups in total. The van der Waals surface area contributed by atoms with Crippen LogP contribution >= 0.6 is 0 Å². The first-order chi connectivity index (χ1) is 7.74. The van der Waals surface area contributed by atoms with Gasteiger partial charge in [-0.1, -0.05) is 0 Å². The average molecular weight is 277 g/mol. The maximum atomic E-state index is 11.8. The lowest BCUT2D eigenvalue weighted by atomic mass is 10.1. The summed E-state index contributed by atoms with van der Waals surface area (Å²) in [5.41, 5.74) is -5.62. The quantitative estimate of drug-likeness (QED) is 0.433. The van der Waals surface area contributed by atoms with Gasteiger partial charge in [-0.05, 0) is 23.6 Å². The number of halogens is 3. The van der Waals surface area contributed by atoms with Crippen molar-refractivity contribution in [1.29, 1.82) is 0 Å². The maximum Gasteiger partial charge on any atom is 0.526 e. The SMILES string of the molecule is O=C(OOS(=O)(=O)C(F)(F)F)N1CCCCC1. The molecular weight excluding hydrogens is 267 g/mol. The zero-order valence-corrected chi connectivity index (χ0v) is 9.38. The van der Waals surface area contributed by atoms with Crippen LogP contribution in [0.2, 0.25) is 0 Å². The number of likely N-dealkylation sites (tertiary alicyclic amines) is 1. The fourth-order valence-electron chi connectivity index (χ4n) is 1.24. The molecule has 10 heteroatoms. The molecule has 0 aromatic heterocycles. The van der Waals surface area contributed by atoms with Crippen molar-refractivity contribution < 1.29 is 35.6 Å². The molecule has 0 spiro atoms. The van der Waals surface area contributed by atoms with Crippen LogP contribution in [0.15, 0.2) is 0 Å². The Balaban J connectivity index is 2.48. The van der Waals surface area contributed by atoms with E-state index in [-0.39, 0.29) is 0 Å². The fraction of sp³-hybridized carbons (Fsp3) is 0.857. The second-order valence-corrected chi connectivity index (χ2v) is 4.87. The Labute approximate surface area is 95.3 Å². The van der Waals surface area contributed by atoms with Crippen LogP contribution in [0, 0.1) is 0 Å². The van der Waals surface area contributed by atoms with Gasteiger partial charge in [0, 0.05) is 13.1 Å². The first kappa shape index (κ1) is 14.0. The zero-order valence-electron chi connectivity index (χ0n) is 8.57. The molecule has 1 aliphatic rings. The van der Waals surface area contributed by atoms with Crippen LogP contribution in [-0.2, 0) is 19.3 Å². The highest BCUT2D eigenvalue weighted by atomic mass is 32.2. The third-order valence-corrected chi connectivity index (χ3v) is 2.91. The van der Waals surface area contributed by atoms with Crippen LogP contribution in [0.1, 0.15) is 19.3 Å². The molecular formula is C7H10F3NO5S. The van der Waals surface area contributed by atoms with Gasteiger partial charge in [0.15, 0.2) is 0 Å². The standard InChI is InChI=1S/C7H10F3NO5S/c8-7(9,10)17(13,14)16-15-6(12)11-4-2-1-3-5-11/h1-5H2. The molecule has 0 aromatic rings. The summed E-state index contributed by atoms with van der Waals surface area (Å²) in [7, 11) is -5.90. The summed E-state index contributed by atoms with van der Waals surface area (Å²) in [6.45, 7) is 0.600. The molecule has 1 fully saturated rings. The lowest BCUT2D eigenvalue weighted by Gasteiger charge is -2.24. The molecule has 1 rings (SSSR count). The van der Waals surface area contributed by atoms with Gasteiger partial charge in [-0.25, -0.2) is 4.79 Å². The van der Waals surface area contributed by atoms with E-state index in [1.54, 1.807) is 0 Å². The van der Waals surface area contributed by atoms with Crippen LogP contribution in [0.4, 0.5) is 18.0 Å². The van der Waals surface area contributed by atoms with Crippen LogP contribution in [0.25, 0.3) is 0 Å². The van der Waals surface area contributed by atoms with Crippen molar-refractivity contribution in [1.82, 2.24) is 4.90 Å². The van der Waals surface area contributed by atoms with Crippen molar-refractivity contribution in [2.45, 2.75) is 24.8 Å². The summed E-state index contributed by atoms with van der Waals surface area (Å²) in [4.78, 5) is 15.8. The summed E-state index contributed by atoms with van der Waals surface area (Å²) in [5, 5.41) is 0. The third kappa shape index (κ3) is 3.73. The third-order valence-electron chi connectivity index (χ3n) is 2.09. The van der Waals surface area contributed by atoms with Crippen LogP contribution in [0.5, 0.6) is 0 Å². The van der Waals surface area contributed by atoms with Gasteiger partial charge in [0.05, 0.1) is 0 Å². The minimum Gasteiger partial charge on any atom is -0.306 e. The smallest absolute Gasteiger partial charge is 0.306 e. The van der Waals surface area contributed by atoms with E-state index >= 15 is 0 Å². The minimum absolute atomic E-state index is 0.300. The van der Waals surface area contributed by atoms with Crippen molar-refractivity contribution in [2.24, 2.45) is 0 Å². The van der Waals surface area contributed by atoms with E-state index in [0.29, 0.717) is 25.9 Å². The Morgan fingerprint density at radius 1 is 1.12 bits per heavy atom. The lowest BCUT2D eigenvalue weighted by molar-refractivity contribution is -0.168. The highest BCUT2D eigenvalue weighted by Crippen LogP contribution is 2.25. The monoisotopic (exact) mass is 277 g/mol. The summed E-state index contributed by atoms with van der Waals surface area (Å²) in [6, 6.07) is 0. The summed E-state index contributed by atoms with van der Waals surface area (Å²) in [6.07, 6.45) is 1.02. The van der Waals surface area contributed by atoms with Gasteiger partial charge >= 0.3 is 21.7 Å². The summed E-state index contributed by atoms with van der Waals surface area (Å²) in [5.74, 6) is 0. The second-order valence-electron chi connectivity index (χ2n) is 3.36. The molecule has 1 heterocycles. The number of hydrogen-bond donors (Lipinski definition) is 0. The molecule has 0 aliphatic carbocycles. The van der Waals surface area contributed by atoms with Gasteiger partial charge in [-0.2, -0.15) is 21.6 Å². The van der Waals surface area contributed by atoms with Crippen LogP contribution in [0.3, 0.4) is 0 Å². The molecule has 0 bridgehead atoms. The number of nitrogens with zero attached hydrogens (tertiary/aromatic N) is 1. The number of carbonyl (C=O) groups excluding carboxylic acids is 1. The van der Waals surface area contributed by atoms with Crippen LogP contribution < -0.4 is 0 Å². The molecule has 0 saturated carbocycles. The zero-order chi connectivity index (χ0) is 13.1. The van der Waals surface area contributed by atoms with Crippen molar-refractivity contribution in [2.75, 3.05) is 13.1 Å². The molecule has 100 valence electrons. The highest BCUT2D eigenvalue weighted by Gasteiger charge is 2.49. The van der Waals surface area contributed by atoms with Gasteiger partial charge in [0.1, 0.15) is 0 Å². The Bertz CT molecular complexity index is 373. The molecule has 1 aliphatic heterocycles. The Morgan fingerprint density at radius 3 is 2.12 bits per heavy atom. The first-order valence-electron chi connectivity index (χ1n) is 4.70. The predicted octanol–water partition coefficient (Wildman–Crippen LogP) is 1.39. The van der Waals surface area contributed by atoms with Gasteiger partial charge in [-0.15, -0.1) is 0 Å². The van der Waals surface area contributed by atoms with Gasteiger partial charge < -0.3 is 4.90 Å². The van der Waals surface area contributed by atoms with E-state index in [0.717, 1.165) is 11.3 Å². The van der Waals surface area contributed by atoms with Crippen LogP contribution in [-0.4, -0.2) is 38.0 Å². The molecule has 1 saturated heterocycles. The highest BCUT2D eigenvalue weighted by molar-refractivity contribution is 7.87. The predicted molar refractivity (Wildman–Crippen MR) is 48.0 cm³/mol. The van der Waals surface area contributed by atoms with Gasteiger partial charge in [0.25, 0.3) is 0 Å². The van der Waals surface area contributed by atoms with E-state index < -0.39 is 21.7 Å². The topological polar surface area (TPSA) is 72.9 Å². The minimum atomic E-state index is -5.90. The molecule has 0 atom stereocenters. The number of hydrogen-bond acceptors (Lipinski definition) is 5. The van der Waals surface area contributed by atoms with E-state index in [1.165, 1.54) is 0 Å². The second kappa shape index (κ2) is 5.08. The molecule has 6 nitrogen and oxygen atoms in total. The molecule has 0 unspecified atom stereocenters. The van der Waals surface area contributed by atoms with E-state index in [4.69, 9.17) is 0 Å². The number of carbonyl (C=O) groups is 1. The number of piperidine rings is 1. The Hall–Kier alpha value is -1.03. The van der Waals surface area contributed by atoms with Crippen molar-refractivity contribution in [3.63, 3.8) is 0 Å². The maximum absolute atomic E-state index is 11.8. The lowest BCUT2D eigenvalue weighted by Crippen LogP contribution is -2.37. The number of alkyl halides is 3. The average Bonchev–Trinajstić information content (AvgIpc) is 2.25. The molecule has 1 amide bonds. The Kier molecular flexibility index (Phi) is 4.20. The van der Waals surface area contributed by atoms with Gasteiger partial charge in [-0.3, -0.25) is 4.89 Å². The summed E-state index contributed by atoms with van der Waals surface area (Å²) < 4.78 is 59.4. The van der Waals surface area contributed by atoms with E-state index in [9.17, 15) is 26.4 Å².